The van der Waals surface area contributed by atoms with Gasteiger partial charge in [-0.1, -0.05) is 28.9 Å². The smallest absolute Gasteiger partial charge is 0.341 e. The highest BCUT2D eigenvalue weighted by atomic mass is 35.5. The molecule has 0 unspecified atom stereocenters. The largest absolute Gasteiger partial charge is 0.487 e. The van der Waals surface area contributed by atoms with Crippen LogP contribution in [0.4, 0.5) is 4.39 Å². The van der Waals surface area contributed by atoms with Crippen LogP contribution in [0.3, 0.4) is 0 Å². The third-order valence-electron chi connectivity index (χ3n) is 3.28. The van der Waals surface area contributed by atoms with Gasteiger partial charge in [0.25, 0.3) is 0 Å². The van der Waals surface area contributed by atoms with Gasteiger partial charge in [0.2, 0.25) is 0 Å². The molecule has 9 heteroatoms. The number of benzene rings is 2. The van der Waals surface area contributed by atoms with Crippen molar-refractivity contribution in [2.75, 3.05) is 6.61 Å². The van der Waals surface area contributed by atoms with Gasteiger partial charge < -0.3 is 14.6 Å². The fourth-order valence-corrected chi connectivity index (χ4v) is 2.33. The lowest BCUT2D eigenvalue weighted by molar-refractivity contribution is -0.139. The SMILES string of the molecule is O=C(O)COc1ccc(OCc2cn(-c3ccccc3Cl)nn2)cc1F. The molecule has 3 aromatic rings. The minimum Gasteiger partial charge on any atom is -0.487 e. The summed E-state index contributed by atoms with van der Waals surface area (Å²) < 4.78 is 25.7. The topological polar surface area (TPSA) is 86.5 Å². The van der Waals surface area contributed by atoms with Crippen molar-refractivity contribution in [3.05, 3.63) is 65.2 Å². The molecule has 0 fully saturated rings. The van der Waals surface area contributed by atoms with Gasteiger partial charge in [-0.3, -0.25) is 0 Å². The predicted molar refractivity (Wildman–Crippen MR) is 90.2 cm³/mol. The van der Waals surface area contributed by atoms with Gasteiger partial charge in [-0.05, 0) is 24.3 Å². The fraction of sp³-hybridized carbons (Fsp3) is 0.118. The molecule has 134 valence electrons. The molecule has 7 nitrogen and oxygen atoms in total. The van der Waals surface area contributed by atoms with Crippen LogP contribution in [0.2, 0.25) is 5.02 Å². The first-order valence-corrected chi connectivity index (χ1v) is 7.84. The quantitative estimate of drug-likeness (QED) is 0.680. The monoisotopic (exact) mass is 377 g/mol. The Morgan fingerprint density at radius 2 is 2.04 bits per heavy atom. The maximum Gasteiger partial charge on any atom is 0.341 e. The highest BCUT2D eigenvalue weighted by molar-refractivity contribution is 6.32. The molecule has 0 atom stereocenters. The zero-order valence-electron chi connectivity index (χ0n) is 13.3. The van der Waals surface area contributed by atoms with Crippen molar-refractivity contribution >= 4 is 17.6 Å². The molecule has 26 heavy (non-hydrogen) atoms. The molecule has 3 rings (SSSR count). The lowest BCUT2D eigenvalue weighted by Gasteiger charge is -2.07. The first kappa shape index (κ1) is 17.7. The summed E-state index contributed by atoms with van der Waals surface area (Å²) in [5.74, 6) is -1.82. The number of aromatic nitrogens is 3. The van der Waals surface area contributed by atoms with Crippen LogP contribution in [0, 0.1) is 5.82 Å². The molecule has 0 amide bonds. The van der Waals surface area contributed by atoms with Gasteiger partial charge in [-0.25, -0.2) is 13.9 Å². The minimum absolute atomic E-state index is 0.0687. The summed E-state index contributed by atoms with van der Waals surface area (Å²) in [5.41, 5.74) is 1.20. The van der Waals surface area contributed by atoms with E-state index < -0.39 is 18.4 Å². The molecule has 0 radical (unpaired) electrons. The Bertz CT molecular complexity index is 932. The Labute approximate surface area is 152 Å². The van der Waals surface area contributed by atoms with Crippen LogP contribution in [-0.2, 0) is 11.4 Å². The fourth-order valence-electron chi connectivity index (χ4n) is 2.10. The van der Waals surface area contributed by atoms with Crippen LogP contribution >= 0.6 is 11.6 Å². The molecule has 0 saturated carbocycles. The number of para-hydroxylation sites is 1. The summed E-state index contributed by atoms with van der Waals surface area (Å²) >= 11 is 6.11. The maximum atomic E-state index is 13.9. The number of carboxylic acids is 1. The van der Waals surface area contributed by atoms with Crippen molar-refractivity contribution in [3.63, 3.8) is 0 Å². The number of carbonyl (C=O) groups is 1. The normalized spacial score (nSPS) is 10.5. The van der Waals surface area contributed by atoms with E-state index in [-0.39, 0.29) is 18.1 Å². The van der Waals surface area contributed by atoms with Gasteiger partial charge in [0.05, 0.1) is 16.9 Å². The van der Waals surface area contributed by atoms with Gasteiger partial charge in [-0.15, -0.1) is 5.10 Å². The summed E-state index contributed by atoms with van der Waals surface area (Å²) in [6.07, 6.45) is 1.65. The van der Waals surface area contributed by atoms with Crippen LogP contribution in [0.5, 0.6) is 11.5 Å². The summed E-state index contributed by atoms with van der Waals surface area (Å²) in [6.45, 7) is -0.554. The van der Waals surface area contributed by atoms with E-state index >= 15 is 0 Å². The molecule has 0 spiro atoms. The van der Waals surface area contributed by atoms with E-state index in [9.17, 15) is 9.18 Å². The molecule has 0 saturated heterocycles. The second-order valence-corrected chi connectivity index (χ2v) is 5.58. The minimum atomic E-state index is -1.19. The molecular formula is C17H13ClFN3O4. The van der Waals surface area contributed by atoms with E-state index in [4.69, 9.17) is 26.2 Å². The van der Waals surface area contributed by atoms with Crippen LogP contribution in [0.1, 0.15) is 5.69 Å². The van der Waals surface area contributed by atoms with Crippen LogP contribution in [0.15, 0.2) is 48.7 Å². The standard InChI is InChI=1S/C17H13ClFN3O4/c18-13-3-1-2-4-15(13)22-8-11(20-21-22)9-25-12-5-6-16(14(19)7-12)26-10-17(23)24/h1-8H,9-10H2,(H,23,24). The average molecular weight is 378 g/mol. The van der Waals surface area contributed by atoms with Crippen LogP contribution in [-0.4, -0.2) is 32.7 Å². The third-order valence-corrected chi connectivity index (χ3v) is 3.60. The van der Waals surface area contributed by atoms with E-state index in [2.05, 4.69) is 10.3 Å². The lowest BCUT2D eigenvalue weighted by atomic mass is 10.3. The molecule has 0 bridgehead atoms. The van der Waals surface area contributed by atoms with Gasteiger partial charge >= 0.3 is 5.97 Å². The first-order valence-electron chi connectivity index (χ1n) is 7.46. The average Bonchev–Trinajstić information content (AvgIpc) is 3.08. The number of nitrogens with zero attached hydrogens (tertiary/aromatic N) is 3. The molecule has 0 aliphatic heterocycles. The molecule has 0 aliphatic carbocycles. The zero-order valence-corrected chi connectivity index (χ0v) is 14.1. The second kappa shape index (κ2) is 7.83. The number of rotatable bonds is 7. The molecule has 2 aromatic carbocycles. The highest BCUT2D eigenvalue weighted by Crippen LogP contribution is 2.23. The number of hydrogen-bond acceptors (Lipinski definition) is 5. The maximum absolute atomic E-state index is 13.9. The number of aliphatic carboxylic acids is 1. The zero-order chi connectivity index (χ0) is 18.5. The Hall–Kier alpha value is -3.13. The number of halogens is 2. The van der Waals surface area contributed by atoms with E-state index in [0.29, 0.717) is 16.4 Å². The van der Waals surface area contributed by atoms with E-state index in [1.54, 1.807) is 18.3 Å². The third kappa shape index (κ3) is 4.28. The Balaban J connectivity index is 1.64. The van der Waals surface area contributed by atoms with E-state index in [0.717, 1.165) is 6.07 Å². The second-order valence-electron chi connectivity index (χ2n) is 5.17. The number of carboxylic acid groups (broad SMARTS) is 1. The molecule has 1 N–H and O–H groups in total. The van der Waals surface area contributed by atoms with Gasteiger partial charge in [-0.2, -0.15) is 0 Å². The van der Waals surface area contributed by atoms with E-state index in [1.807, 2.05) is 12.1 Å². The molecule has 1 aromatic heterocycles. The Morgan fingerprint density at radius 3 is 2.77 bits per heavy atom. The van der Waals surface area contributed by atoms with Crippen molar-refractivity contribution in [2.45, 2.75) is 6.61 Å². The Kier molecular flexibility index (Phi) is 5.33. The van der Waals surface area contributed by atoms with Crippen molar-refractivity contribution < 1.29 is 23.8 Å². The summed E-state index contributed by atoms with van der Waals surface area (Å²) in [5, 5.41) is 17.0. The molecule has 0 aliphatic rings. The first-order chi connectivity index (χ1) is 12.5. The van der Waals surface area contributed by atoms with Gasteiger partial charge in [0, 0.05) is 6.07 Å². The van der Waals surface area contributed by atoms with Crippen molar-refractivity contribution in [1.82, 2.24) is 15.0 Å². The van der Waals surface area contributed by atoms with Gasteiger partial charge in [0.1, 0.15) is 18.1 Å². The lowest BCUT2D eigenvalue weighted by Crippen LogP contribution is -2.10. The summed E-state index contributed by atoms with van der Waals surface area (Å²) in [7, 11) is 0. The number of ether oxygens (including phenoxy) is 2. The van der Waals surface area contributed by atoms with Crippen LogP contribution < -0.4 is 9.47 Å². The summed E-state index contributed by atoms with van der Waals surface area (Å²) in [6, 6.07) is 11.1. The van der Waals surface area contributed by atoms with Crippen molar-refractivity contribution in [1.29, 1.82) is 0 Å². The molecular weight excluding hydrogens is 365 g/mol. The highest BCUT2D eigenvalue weighted by Gasteiger charge is 2.10. The Morgan fingerprint density at radius 1 is 1.23 bits per heavy atom. The summed E-state index contributed by atoms with van der Waals surface area (Å²) in [4.78, 5) is 10.4. The number of hydrogen-bond donors (Lipinski definition) is 1. The molecule has 1 heterocycles. The van der Waals surface area contributed by atoms with E-state index in [1.165, 1.54) is 16.8 Å². The van der Waals surface area contributed by atoms with Crippen LogP contribution in [0.25, 0.3) is 5.69 Å². The van der Waals surface area contributed by atoms with Crippen molar-refractivity contribution in [2.24, 2.45) is 0 Å². The van der Waals surface area contributed by atoms with Gasteiger partial charge in [0.15, 0.2) is 18.2 Å². The predicted octanol–water partition coefficient (Wildman–Crippen LogP) is 3.10. The van der Waals surface area contributed by atoms with Crippen molar-refractivity contribution in [3.8, 4) is 17.2 Å².